The summed E-state index contributed by atoms with van der Waals surface area (Å²) < 4.78 is 1.78. The third kappa shape index (κ3) is 5.03. The number of aromatic nitrogens is 3. The fraction of sp³-hybridized carbons (Fsp3) is 0.179. The number of benzene rings is 3. The number of amides is 1. The molecule has 2 heterocycles. The summed E-state index contributed by atoms with van der Waals surface area (Å²) in [5.74, 6) is 1.14. The van der Waals surface area contributed by atoms with Gasteiger partial charge in [-0.2, -0.15) is 4.98 Å². The number of carbonyl (C=O) groups is 1. The van der Waals surface area contributed by atoms with Crippen molar-refractivity contribution in [3.63, 3.8) is 0 Å². The Hall–Kier alpha value is -3.55. The smallest absolute Gasteiger partial charge is 0.255 e. The van der Waals surface area contributed by atoms with Crippen molar-refractivity contribution in [3.8, 4) is 0 Å². The summed E-state index contributed by atoms with van der Waals surface area (Å²) in [5.41, 5.74) is 6.27. The van der Waals surface area contributed by atoms with Gasteiger partial charge in [0.15, 0.2) is 0 Å². The Morgan fingerprint density at radius 2 is 1.86 bits per heavy atom. The lowest BCUT2D eigenvalue weighted by molar-refractivity contribution is -0.113. The minimum absolute atomic E-state index is 0.198. The molecule has 6 nitrogen and oxygen atoms in total. The normalized spacial score (nSPS) is 14.8. The van der Waals surface area contributed by atoms with Crippen LogP contribution >= 0.6 is 23.4 Å². The van der Waals surface area contributed by atoms with Crippen LogP contribution in [0.2, 0.25) is 5.02 Å². The molecule has 1 atom stereocenters. The van der Waals surface area contributed by atoms with Gasteiger partial charge in [0, 0.05) is 22.2 Å². The highest BCUT2D eigenvalue weighted by molar-refractivity contribution is 7.98. The molecule has 0 fully saturated rings. The first-order valence-corrected chi connectivity index (χ1v) is 13.0. The number of thioether (sulfide) groups is 1. The van der Waals surface area contributed by atoms with E-state index in [1.807, 2.05) is 75.4 Å². The standard InChI is InChI=1S/C28H26ClN5OS/c1-17-12-13-23(18(2)14-17)31-26(35)24-19(3)30-27-32-28(36-16-20-8-5-4-6-9-20)33-34(27)25(24)21-10-7-11-22(29)15-21/h4-15,25H,16H2,1-3H3,(H,31,35)(H,30,32,33). The van der Waals surface area contributed by atoms with Gasteiger partial charge in [-0.15, -0.1) is 5.10 Å². The number of carbonyl (C=O) groups excluding carboxylic acids is 1. The Labute approximate surface area is 219 Å². The van der Waals surface area contributed by atoms with E-state index in [-0.39, 0.29) is 5.91 Å². The number of halogens is 1. The van der Waals surface area contributed by atoms with Crippen molar-refractivity contribution in [1.82, 2.24) is 14.8 Å². The van der Waals surface area contributed by atoms with E-state index in [2.05, 4.69) is 28.8 Å². The zero-order valence-corrected chi connectivity index (χ0v) is 21.8. The second-order valence-electron chi connectivity index (χ2n) is 8.83. The SMILES string of the molecule is CC1=C(C(=O)Nc2ccc(C)cc2C)C(c2cccc(Cl)c2)n2nc(SCc3ccccc3)nc2N1. The van der Waals surface area contributed by atoms with Crippen LogP contribution in [0.5, 0.6) is 0 Å². The van der Waals surface area contributed by atoms with Crippen molar-refractivity contribution in [2.45, 2.75) is 37.7 Å². The molecule has 36 heavy (non-hydrogen) atoms. The third-order valence-electron chi connectivity index (χ3n) is 6.08. The monoisotopic (exact) mass is 515 g/mol. The lowest BCUT2D eigenvalue weighted by Gasteiger charge is -2.29. The molecular formula is C28H26ClN5OS. The highest BCUT2D eigenvalue weighted by Gasteiger charge is 2.34. The molecule has 5 rings (SSSR count). The van der Waals surface area contributed by atoms with Gasteiger partial charge >= 0.3 is 0 Å². The van der Waals surface area contributed by atoms with Gasteiger partial charge in [0.2, 0.25) is 11.1 Å². The molecule has 3 aromatic carbocycles. The van der Waals surface area contributed by atoms with Gasteiger partial charge in [0.25, 0.3) is 5.91 Å². The molecule has 1 aliphatic heterocycles. The third-order valence-corrected chi connectivity index (χ3v) is 7.23. The topological polar surface area (TPSA) is 71.8 Å². The molecular weight excluding hydrogens is 490 g/mol. The van der Waals surface area contributed by atoms with Crippen LogP contribution in [0.1, 0.15) is 35.2 Å². The van der Waals surface area contributed by atoms with E-state index in [0.717, 1.165) is 33.8 Å². The van der Waals surface area contributed by atoms with Gasteiger partial charge in [-0.1, -0.05) is 83.5 Å². The van der Waals surface area contributed by atoms with Gasteiger partial charge < -0.3 is 10.6 Å². The molecule has 1 aromatic heterocycles. The van der Waals surface area contributed by atoms with Crippen molar-refractivity contribution in [2.24, 2.45) is 0 Å². The van der Waals surface area contributed by atoms with Crippen molar-refractivity contribution in [2.75, 3.05) is 10.6 Å². The van der Waals surface area contributed by atoms with Gasteiger partial charge in [-0.3, -0.25) is 4.79 Å². The first-order chi connectivity index (χ1) is 17.4. The summed E-state index contributed by atoms with van der Waals surface area (Å²) in [7, 11) is 0. The van der Waals surface area contributed by atoms with Crippen molar-refractivity contribution in [1.29, 1.82) is 0 Å². The van der Waals surface area contributed by atoms with Crippen LogP contribution in [0.25, 0.3) is 0 Å². The van der Waals surface area contributed by atoms with Crippen LogP contribution in [0, 0.1) is 13.8 Å². The fourth-order valence-electron chi connectivity index (χ4n) is 4.34. The summed E-state index contributed by atoms with van der Waals surface area (Å²) >= 11 is 7.92. The number of aryl methyl sites for hydroxylation is 2. The predicted octanol–water partition coefficient (Wildman–Crippen LogP) is 6.77. The molecule has 0 bridgehead atoms. The van der Waals surface area contributed by atoms with E-state index >= 15 is 0 Å². The van der Waals surface area contributed by atoms with Crippen LogP contribution in [0.3, 0.4) is 0 Å². The maximum absolute atomic E-state index is 13.7. The quantitative estimate of drug-likeness (QED) is 0.277. The minimum Gasteiger partial charge on any atom is -0.328 e. The molecule has 1 unspecified atom stereocenters. The second-order valence-corrected chi connectivity index (χ2v) is 10.2. The summed E-state index contributed by atoms with van der Waals surface area (Å²) in [6.07, 6.45) is 0. The summed E-state index contributed by atoms with van der Waals surface area (Å²) in [6, 6.07) is 23.2. The van der Waals surface area contributed by atoms with Crippen molar-refractivity contribution >= 4 is 40.9 Å². The van der Waals surface area contributed by atoms with Crippen LogP contribution in [0.15, 0.2) is 89.2 Å². The number of nitrogens with zero attached hydrogens (tertiary/aromatic N) is 3. The van der Waals surface area contributed by atoms with E-state index in [1.165, 1.54) is 5.56 Å². The molecule has 0 spiro atoms. The minimum atomic E-state index is -0.482. The molecule has 0 radical (unpaired) electrons. The Balaban J connectivity index is 1.50. The van der Waals surface area contributed by atoms with Crippen LogP contribution in [-0.4, -0.2) is 20.7 Å². The molecule has 8 heteroatoms. The first-order valence-electron chi connectivity index (χ1n) is 11.6. The lowest BCUT2D eigenvalue weighted by atomic mass is 9.95. The number of hydrogen-bond acceptors (Lipinski definition) is 5. The summed E-state index contributed by atoms with van der Waals surface area (Å²) in [6.45, 7) is 5.91. The molecule has 4 aromatic rings. The molecule has 2 N–H and O–H groups in total. The largest absolute Gasteiger partial charge is 0.328 e. The van der Waals surface area contributed by atoms with E-state index in [1.54, 1.807) is 16.4 Å². The van der Waals surface area contributed by atoms with E-state index < -0.39 is 6.04 Å². The average molecular weight is 516 g/mol. The molecule has 1 aliphatic rings. The molecule has 1 amide bonds. The van der Waals surface area contributed by atoms with Crippen LogP contribution < -0.4 is 10.6 Å². The highest BCUT2D eigenvalue weighted by atomic mass is 35.5. The number of allylic oxidation sites excluding steroid dienone is 1. The van der Waals surface area contributed by atoms with Gasteiger partial charge in [0.05, 0.1) is 5.57 Å². The van der Waals surface area contributed by atoms with E-state index in [9.17, 15) is 4.79 Å². The lowest BCUT2D eigenvalue weighted by Crippen LogP contribution is -2.31. The Kier molecular flexibility index (Phi) is 6.85. The number of anilines is 2. The average Bonchev–Trinajstić information content (AvgIpc) is 3.26. The molecule has 182 valence electrons. The Morgan fingerprint density at radius 3 is 2.61 bits per heavy atom. The molecule has 0 aliphatic carbocycles. The number of fused-ring (bicyclic) bond motifs is 1. The summed E-state index contributed by atoms with van der Waals surface area (Å²) in [5, 5.41) is 12.4. The zero-order valence-electron chi connectivity index (χ0n) is 20.2. The zero-order chi connectivity index (χ0) is 25.2. The number of nitrogens with one attached hydrogen (secondary N) is 2. The van der Waals surface area contributed by atoms with Gasteiger partial charge in [0.1, 0.15) is 6.04 Å². The number of hydrogen-bond donors (Lipinski definition) is 2. The predicted molar refractivity (Wildman–Crippen MR) is 146 cm³/mol. The highest BCUT2D eigenvalue weighted by Crippen LogP contribution is 2.38. The first kappa shape index (κ1) is 24.2. The van der Waals surface area contributed by atoms with Crippen LogP contribution in [-0.2, 0) is 10.5 Å². The van der Waals surface area contributed by atoms with E-state index in [0.29, 0.717) is 21.7 Å². The molecule has 0 saturated carbocycles. The van der Waals surface area contributed by atoms with Crippen LogP contribution in [0.4, 0.5) is 11.6 Å². The maximum Gasteiger partial charge on any atom is 0.255 e. The summed E-state index contributed by atoms with van der Waals surface area (Å²) in [4.78, 5) is 18.4. The van der Waals surface area contributed by atoms with Crippen molar-refractivity contribution < 1.29 is 4.79 Å². The fourth-order valence-corrected chi connectivity index (χ4v) is 5.32. The number of rotatable bonds is 6. The van der Waals surface area contributed by atoms with Gasteiger partial charge in [-0.05, 0) is 55.7 Å². The van der Waals surface area contributed by atoms with Crippen molar-refractivity contribution in [3.05, 3.63) is 111 Å². The molecule has 0 saturated heterocycles. The Morgan fingerprint density at radius 1 is 1.06 bits per heavy atom. The second kappa shape index (κ2) is 10.2. The Bertz CT molecular complexity index is 1460. The van der Waals surface area contributed by atoms with E-state index in [4.69, 9.17) is 21.7 Å². The maximum atomic E-state index is 13.7. The van der Waals surface area contributed by atoms with Gasteiger partial charge in [-0.25, -0.2) is 4.68 Å².